The summed E-state index contributed by atoms with van der Waals surface area (Å²) in [4.78, 5) is 11.5. The van der Waals surface area contributed by atoms with E-state index >= 15 is 0 Å². The molecule has 2 heteroatoms. The van der Waals surface area contributed by atoms with Crippen molar-refractivity contribution in [3.63, 3.8) is 0 Å². The first-order valence-electron chi connectivity index (χ1n) is 13.8. The molecule has 3 fully saturated rings. The second-order valence-corrected chi connectivity index (χ2v) is 13.7. The van der Waals surface area contributed by atoms with Crippen LogP contribution < -0.4 is 0 Å². The molecule has 7 atom stereocenters. The van der Waals surface area contributed by atoms with Gasteiger partial charge in [-0.3, -0.25) is 4.79 Å². The third-order valence-electron chi connectivity index (χ3n) is 10.9. The minimum Gasteiger partial charge on any atom is -0.462 e. The zero-order valence-corrected chi connectivity index (χ0v) is 22.1. The number of carbonyl (C=O) groups excluding carboxylic acids is 1. The normalized spacial score (nSPS) is 41.5. The highest BCUT2D eigenvalue weighted by Crippen LogP contribution is 2.68. The van der Waals surface area contributed by atoms with Crippen molar-refractivity contribution in [2.45, 2.75) is 125 Å². The molecule has 0 saturated heterocycles. The molecule has 0 aromatic rings. The number of allylic oxidation sites excluding steroid dienone is 1. The Morgan fingerprint density at radius 2 is 1.91 bits per heavy atom. The molecule has 3 saturated carbocycles. The van der Waals surface area contributed by atoms with Gasteiger partial charge in [0.05, 0.1) is 0 Å². The molecule has 32 heavy (non-hydrogen) atoms. The Morgan fingerprint density at radius 3 is 2.59 bits per heavy atom. The molecular formula is C30H56O2. The van der Waals surface area contributed by atoms with E-state index in [2.05, 4.69) is 47.6 Å². The largest absolute Gasteiger partial charge is 0.462 e. The zero-order chi connectivity index (χ0) is 23.3. The summed E-state index contributed by atoms with van der Waals surface area (Å²) >= 11 is 0. The molecule has 0 radical (unpaired) electrons. The summed E-state index contributed by atoms with van der Waals surface area (Å²) in [7, 11) is 0. The van der Waals surface area contributed by atoms with Crippen LogP contribution in [0.3, 0.4) is 0 Å². The number of carbonyl (C=O) groups is 1. The summed E-state index contributed by atoms with van der Waals surface area (Å²) in [6.45, 7) is 16.7. The number of hydrogen-bond donors (Lipinski definition) is 0. The van der Waals surface area contributed by atoms with Crippen LogP contribution in [0.15, 0.2) is 11.6 Å². The van der Waals surface area contributed by atoms with E-state index in [0.717, 1.165) is 42.4 Å². The maximum Gasteiger partial charge on any atom is 0.302 e. The minimum atomic E-state index is -0.116. The van der Waals surface area contributed by atoms with Crippen LogP contribution in [0.2, 0.25) is 0 Å². The minimum absolute atomic E-state index is 0. The van der Waals surface area contributed by atoms with Gasteiger partial charge >= 0.3 is 5.97 Å². The molecular weight excluding hydrogens is 392 g/mol. The lowest BCUT2D eigenvalue weighted by atomic mass is 9.46. The third kappa shape index (κ3) is 4.22. The van der Waals surface area contributed by atoms with Gasteiger partial charge in [0.1, 0.15) is 6.10 Å². The predicted octanol–water partition coefficient (Wildman–Crippen LogP) is 9.09. The highest BCUT2D eigenvalue weighted by molar-refractivity contribution is 5.66. The maximum absolute atomic E-state index is 11.5. The molecule has 4 aliphatic carbocycles. The quantitative estimate of drug-likeness (QED) is 0.299. The van der Waals surface area contributed by atoms with Gasteiger partial charge < -0.3 is 4.74 Å². The summed E-state index contributed by atoms with van der Waals surface area (Å²) in [5.74, 6) is 4.19. The molecule has 0 aromatic carbocycles. The van der Waals surface area contributed by atoms with E-state index < -0.39 is 0 Å². The van der Waals surface area contributed by atoms with Crippen molar-refractivity contribution < 1.29 is 13.8 Å². The smallest absolute Gasteiger partial charge is 0.302 e. The molecule has 0 aliphatic heterocycles. The first kappa shape index (κ1) is 24.3. The van der Waals surface area contributed by atoms with Crippen LogP contribution in [0.4, 0.5) is 0 Å². The van der Waals surface area contributed by atoms with Gasteiger partial charge in [0.15, 0.2) is 0 Å². The van der Waals surface area contributed by atoms with Crippen LogP contribution in [-0.2, 0) is 9.53 Å². The lowest BCUT2D eigenvalue weighted by Crippen LogP contribution is -2.51. The number of rotatable bonds is 6. The lowest BCUT2D eigenvalue weighted by molar-refractivity contribution is -0.148. The molecule has 2 nitrogen and oxygen atoms in total. The fourth-order valence-electron chi connectivity index (χ4n) is 9.39. The van der Waals surface area contributed by atoms with Crippen molar-refractivity contribution in [2.75, 3.05) is 0 Å². The van der Waals surface area contributed by atoms with E-state index in [4.69, 9.17) is 4.74 Å². The number of hydrogen-bond acceptors (Lipinski definition) is 2. The van der Waals surface area contributed by atoms with Crippen LogP contribution in [0.5, 0.6) is 0 Å². The molecule has 4 unspecified atom stereocenters. The van der Waals surface area contributed by atoms with Crippen LogP contribution in [0, 0.1) is 45.8 Å². The van der Waals surface area contributed by atoms with E-state index in [1.165, 1.54) is 57.8 Å². The number of esters is 1. The van der Waals surface area contributed by atoms with Crippen LogP contribution in [-0.4, -0.2) is 12.1 Å². The molecule has 0 spiro atoms. The first-order valence-corrected chi connectivity index (χ1v) is 13.8. The SMILES string of the molecule is CC(=O)O[C@H]1CCC2(C)C(=CC[C@@H]3C2CC[C@@]2(C)C3CCC2C(C)(C)CCCC(C)C)C1.[HH].[HH].[HH]. The number of fused-ring (bicyclic) bond motifs is 5. The van der Waals surface area contributed by atoms with Crippen molar-refractivity contribution >= 4 is 5.97 Å². The predicted molar refractivity (Wildman–Crippen MR) is 140 cm³/mol. The van der Waals surface area contributed by atoms with Gasteiger partial charge in [0.2, 0.25) is 0 Å². The van der Waals surface area contributed by atoms with Crippen molar-refractivity contribution in [3.05, 3.63) is 11.6 Å². The fraction of sp³-hybridized carbons (Fsp3) is 0.900. The Hall–Kier alpha value is -0.790. The highest BCUT2D eigenvalue weighted by Gasteiger charge is 2.60. The van der Waals surface area contributed by atoms with E-state index in [1.807, 2.05) is 0 Å². The molecule has 4 aliphatic rings. The summed E-state index contributed by atoms with van der Waals surface area (Å²) < 4.78 is 5.63. The van der Waals surface area contributed by atoms with E-state index in [-0.39, 0.29) is 16.4 Å². The van der Waals surface area contributed by atoms with Gasteiger partial charge in [-0.2, -0.15) is 0 Å². The highest BCUT2D eigenvalue weighted by atomic mass is 16.5. The molecule has 0 aromatic heterocycles. The lowest BCUT2D eigenvalue weighted by Gasteiger charge is -2.59. The van der Waals surface area contributed by atoms with Gasteiger partial charge in [-0.25, -0.2) is 0 Å². The second kappa shape index (κ2) is 8.77. The topological polar surface area (TPSA) is 26.3 Å². The van der Waals surface area contributed by atoms with E-state index in [9.17, 15) is 4.79 Å². The summed E-state index contributed by atoms with van der Waals surface area (Å²) in [6.07, 6.45) is 17.1. The van der Waals surface area contributed by atoms with Gasteiger partial charge in [0.25, 0.3) is 0 Å². The van der Waals surface area contributed by atoms with Crippen molar-refractivity contribution in [3.8, 4) is 0 Å². The molecule has 0 amide bonds. The first-order chi connectivity index (χ1) is 15.0. The fourth-order valence-corrected chi connectivity index (χ4v) is 9.39. The standard InChI is InChI=1S/C30H50O2.3H2/c1-20(2)9-8-16-28(4,5)27-13-12-25-24-11-10-22-19-23(32-21(3)31)14-17-29(22,6)26(24)15-18-30(25,27)7;;;/h10,20,23-27H,8-9,11-19H2,1-7H3;3*1H/t23-,24-,25?,26?,27?,29?,30-;;;/m0.../s1. The van der Waals surface area contributed by atoms with Crippen LogP contribution >= 0.6 is 0 Å². The number of ether oxygens (including phenoxy) is 1. The van der Waals surface area contributed by atoms with Crippen LogP contribution in [0.25, 0.3) is 0 Å². The van der Waals surface area contributed by atoms with E-state index in [1.54, 1.807) is 12.5 Å². The third-order valence-corrected chi connectivity index (χ3v) is 10.9. The average molecular weight is 449 g/mol. The summed E-state index contributed by atoms with van der Waals surface area (Å²) in [5, 5.41) is 0. The van der Waals surface area contributed by atoms with Crippen molar-refractivity contribution in [1.29, 1.82) is 0 Å². The molecule has 188 valence electrons. The van der Waals surface area contributed by atoms with Crippen molar-refractivity contribution in [2.24, 2.45) is 45.8 Å². The Labute approximate surface area is 202 Å². The second-order valence-electron chi connectivity index (χ2n) is 13.7. The van der Waals surface area contributed by atoms with Gasteiger partial charge in [0, 0.05) is 17.6 Å². The Morgan fingerprint density at radius 1 is 1.16 bits per heavy atom. The van der Waals surface area contributed by atoms with Gasteiger partial charge in [-0.1, -0.05) is 66.0 Å². The monoisotopic (exact) mass is 448 g/mol. The molecule has 0 N–H and O–H groups in total. The van der Waals surface area contributed by atoms with Crippen LogP contribution in [0.1, 0.15) is 123 Å². The Bertz CT molecular complexity index is 748. The van der Waals surface area contributed by atoms with Gasteiger partial charge in [-0.15, -0.1) is 0 Å². The Balaban J connectivity index is 0.00000204. The van der Waals surface area contributed by atoms with E-state index in [0.29, 0.717) is 16.2 Å². The summed E-state index contributed by atoms with van der Waals surface area (Å²) in [6, 6.07) is 0. The van der Waals surface area contributed by atoms with Gasteiger partial charge in [-0.05, 0) is 97.2 Å². The summed E-state index contributed by atoms with van der Waals surface area (Å²) in [5.41, 5.74) is 2.95. The Kier molecular flexibility index (Phi) is 6.67. The molecule has 4 rings (SSSR count). The maximum atomic E-state index is 11.5. The average Bonchev–Trinajstić information content (AvgIpc) is 3.05. The van der Waals surface area contributed by atoms with Crippen molar-refractivity contribution in [1.82, 2.24) is 0 Å². The molecule has 0 bridgehead atoms. The zero-order valence-electron chi connectivity index (χ0n) is 22.1. The molecule has 0 heterocycles.